The first-order valence-corrected chi connectivity index (χ1v) is 7.37. The number of cyclic esters (lactones) is 2. The summed E-state index contributed by atoms with van der Waals surface area (Å²) in [6.45, 7) is 2.88. The van der Waals surface area contributed by atoms with Crippen molar-refractivity contribution in [2.24, 2.45) is 10.9 Å². The lowest BCUT2D eigenvalue weighted by Crippen LogP contribution is -2.47. The minimum absolute atomic E-state index is 0.315. The Morgan fingerprint density at radius 2 is 2.00 bits per heavy atom. The number of esters is 2. The van der Waals surface area contributed by atoms with Gasteiger partial charge in [0.1, 0.15) is 6.04 Å². The summed E-state index contributed by atoms with van der Waals surface area (Å²) in [5, 5.41) is 8.99. The van der Waals surface area contributed by atoms with E-state index in [-0.39, 0.29) is 0 Å². The zero-order valence-electron chi connectivity index (χ0n) is 11.5. The van der Waals surface area contributed by atoms with Crippen molar-refractivity contribution in [3.63, 3.8) is 0 Å². The number of aliphatic imine (C=N–C) groups is 1. The highest BCUT2D eigenvalue weighted by Crippen LogP contribution is 2.22. The molecule has 1 aliphatic rings. The van der Waals surface area contributed by atoms with Gasteiger partial charge in [-0.25, -0.2) is 4.79 Å². The molecule has 7 nitrogen and oxygen atoms in total. The van der Waals surface area contributed by atoms with Crippen LogP contribution < -0.4 is 0 Å². The maximum Gasteiger partial charge on any atom is 0.329 e. The Morgan fingerprint density at radius 3 is 2.45 bits per heavy atom. The fourth-order valence-electron chi connectivity index (χ4n) is 1.53. The summed E-state index contributed by atoms with van der Waals surface area (Å²) in [5.41, 5.74) is 0. The van der Waals surface area contributed by atoms with Gasteiger partial charge in [-0.1, -0.05) is 0 Å². The Hall–Kier alpha value is -1.57. The number of aliphatic carboxylic acids is 1. The quantitative estimate of drug-likeness (QED) is 0.438. The molecule has 1 fully saturated rings. The number of carboxylic acids is 1. The van der Waals surface area contributed by atoms with E-state index < -0.39 is 35.7 Å². The lowest BCUT2D eigenvalue weighted by Gasteiger charge is -2.31. The summed E-state index contributed by atoms with van der Waals surface area (Å²) in [6, 6.07) is -0.988. The van der Waals surface area contributed by atoms with Crippen molar-refractivity contribution in [3.8, 4) is 0 Å². The molecule has 1 saturated heterocycles. The van der Waals surface area contributed by atoms with Crippen LogP contribution >= 0.6 is 11.8 Å². The van der Waals surface area contributed by atoms with Crippen LogP contribution in [0, 0.1) is 5.92 Å². The van der Waals surface area contributed by atoms with E-state index in [1.54, 1.807) is 0 Å². The molecule has 0 radical (unpaired) electrons. The summed E-state index contributed by atoms with van der Waals surface area (Å²) in [4.78, 5) is 38.1. The molecule has 1 atom stereocenters. The maximum absolute atomic E-state index is 11.7. The van der Waals surface area contributed by atoms with E-state index in [9.17, 15) is 14.4 Å². The maximum atomic E-state index is 11.7. The largest absolute Gasteiger partial charge is 0.480 e. The van der Waals surface area contributed by atoms with Crippen LogP contribution in [-0.4, -0.2) is 53.1 Å². The van der Waals surface area contributed by atoms with Crippen molar-refractivity contribution in [2.45, 2.75) is 32.1 Å². The van der Waals surface area contributed by atoms with Crippen LogP contribution in [0.1, 0.15) is 20.3 Å². The van der Waals surface area contributed by atoms with Crippen molar-refractivity contribution < 1.29 is 29.0 Å². The topological polar surface area (TPSA) is 102 Å². The molecule has 1 N–H and O–H groups in total. The van der Waals surface area contributed by atoms with Crippen LogP contribution in [0.5, 0.6) is 0 Å². The first kappa shape index (κ1) is 16.5. The van der Waals surface area contributed by atoms with Crippen molar-refractivity contribution >= 4 is 35.9 Å². The van der Waals surface area contributed by atoms with Crippen LogP contribution in [0.4, 0.5) is 0 Å². The highest BCUT2D eigenvalue weighted by atomic mass is 32.2. The van der Waals surface area contributed by atoms with Crippen molar-refractivity contribution in [1.29, 1.82) is 0 Å². The van der Waals surface area contributed by atoms with E-state index in [1.165, 1.54) is 25.6 Å². The Labute approximate surface area is 120 Å². The number of hydrogen-bond acceptors (Lipinski definition) is 7. The molecule has 1 rings (SSSR count). The number of rotatable bonds is 6. The zero-order valence-corrected chi connectivity index (χ0v) is 12.3. The molecule has 0 spiro atoms. The third-order valence-electron chi connectivity index (χ3n) is 2.50. The highest BCUT2D eigenvalue weighted by molar-refractivity contribution is 7.98. The average molecular weight is 303 g/mol. The first-order valence-electron chi connectivity index (χ1n) is 5.97. The second-order valence-electron chi connectivity index (χ2n) is 4.65. The van der Waals surface area contributed by atoms with Gasteiger partial charge < -0.3 is 14.6 Å². The van der Waals surface area contributed by atoms with Gasteiger partial charge in [0.25, 0.3) is 5.79 Å². The minimum atomic E-state index is -1.31. The normalized spacial score (nSPS) is 20.6. The second-order valence-corrected chi connectivity index (χ2v) is 5.64. The lowest BCUT2D eigenvalue weighted by molar-refractivity contribution is -0.235. The van der Waals surface area contributed by atoms with Gasteiger partial charge >= 0.3 is 17.9 Å². The van der Waals surface area contributed by atoms with Gasteiger partial charge in [0.15, 0.2) is 5.92 Å². The van der Waals surface area contributed by atoms with Gasteiger partial charge in [0, 0.05) is 20.1 Å². The molecule has 1 aliphatic heterocycles. The van der Waals surface area contributed by atoms with E-state index in [0.717, 1.165) is 6.21 Å². The van der Waals surface area contributed by atoms with E-state index >= 15 is 0 Å². The molecule has 8 heteroatoms. The predicted octanol–water partition coefficient (Wildman–Crippen LogP) is 0.716. The Balaban J connectivity index is 2.74. The van der Waals surface area contributed by atoms with Crippen LogP contribution in [-0.2, 0) is 23.9 Å². The number of ether oxygens (including phenoxy) is 2. The SMILES string of the molecule is CSCC[C@H](N=CC1C(=O)OC(C)(C)OC1=O)C(=O)O. The predicted molar refractivity (Wildman–Crippen MR) is 72.7 cm³/mol. The number of nitrogens with zero attached hydrogens (tertiary/aromatic N) is 1. The molecule has 1 heterocycles. The van der Waals surface area contributed by atoms with Crippen LogP contribution in [0.15, 0.2) is 4.99 Å². The molecular weight excluding hydrogens is 286 g/mol. The Kier molecular flexibility index (Phi) is 5.55. The summed E-state index contributed by atoms with van der Waals surface area (Å²) in [5.74, 6) is -4.68. The highest BCUT2D eigenvalue weighted by Gasteiger charge is 2.42. The van der Waals surface area contributed by atoms with Crippen LogP contribution in [0.3, 0.4) is 0 Å². The molecule has 112 valence electrons. The fourth-order valence-corrected chi connectivity index (χ4v) is 1.99. The number of carbonyl (C=O) groups is 3. The molecule has 20 heavy (non-hydrogen) atoms. The minimum Gasteiger partial charge on any atom is -0.480 e. The fraction of sp³-hybridized carbons (Fsp3) is 0.667. The second kappa shape index (κ2) is 6.74. The summed E-state index contributed by atoms with van der Waals surface area (Å²) >= 11 is 1.49. The van der Waals surface area contributed by atoms with Crippen LogP contribution in [0.25, 0.3) is 0 Å². The zero-order chi connectivity index (χ0) is 15.3. The molecule has 0 aromatic carbocycles. The number of carbonyl (C=O) groups excluding carboxylic acids is 2. The average Bonchev–Trinajstić information content (AvgIpc) is 2.29. The van der Waals surface area contributed by atoms with E-state index in [2.05, 4.69) is 4.99 Å². The molecule has 0 bridgehead atoms. The summed E-state index contributed by atoms with van der Waals surface area (Å²) in [7, 11) is 0. The van der Waals surface area contributed by atoms with Gasteiger partial charge in [0.05, 0.1) is 0 Å². The third kappa shape index (κ3) is 4.52. The van der Waals surface area contributed by atoms with Gasteiger partial charge in [0.2, 0.25) is 0 Å². The Morgan fingerprint density at radius 1 is 1.45 bits per heavy atom. The number of carboxylic acid groups (broad SMARTS) is 1. The summed E-state index contributed by atoms with van der Waals surface area (Å²) in [6.07, 6.45) is 3.16. The van der Waals surface area contributed by atoms with Gasteiger partial charge in [-0.3, -0.25) is 14.6 Å². The van der Waals surface area contributed by atoms with Gasteiger partial charge in [-0.05, 0) is 18.4 Å². The molecule has 0 saturated carbocycles. The lowest BCUT2D eigenvalue weighted by atomic mass is 10.1. The van der Waals surface area contributed by atoms with Gasteiger partial charge in [-0.15, -0.1) is 0 Å². The van der Waals surface area contributed by atoms with Crippen molar-refractivity contribution in [2.75, 3.05) is 12.0 Å². The molecule has 0 aliphatic carbocycles. The smallest absolute Gasteiger partial charge is 0.329 e. The number of thioether (sulfide) groups is 1. The molecule has 0 aromatic heterocycles. The van der Waals surface area contributed by atoms with E-state index in [1.807, 2.05) is 6.26 Å². The third-order valence-corrected chi connectivity index (χ3v) is 3.14. The van der Waals surface area contributed by atoms with E-state index in [0.29, 0.717) is 12.2 Å². The summed E-state index contributed by atoms with van der Waals surface area (Å²) < 4.78 is 9.81. The molecule has 0 aromatic rings. The molecule has 0 amide bonds. The first-order chi connectivity index (χ1) is 9.26. The van der Waals surface area contributed by atoms with Crippen LogP contribution in [0.2, 0.25) is 0 Å². The van der Waals surface area contributed by atoms with E-state index in [4.69, 9.17) is 14.6 Å². The standard InChI is InChI=1S/C12H17NO6S/c1-12(2)18-10(16)7(11(17)19-12)6-13-8(9(14)15)4-5-20-3/h6-8H,4-5H2,1-3H3,(H,14,15)/t8-/m0/s1. The Bertz CT molecular complexity index is 414. The number of hydrogen-bond donors (Lipinski definition) is 1. The monoisotopic (exact) mass is 303 g/mol. The van der Waals surface area contributed by atoms with Crippen molar-refractivity contribution in [1.82, 2.24) is 0 Å². The van der Waals surface area contributed by atoms with Crippen molar-refractivity contribution in [3.05, 3.63) is 0 Å². The molecule has 0 unspecified atom stereocenters. The van der Waals surface area contributed by atoms with Gasteiger partial charge in [-0.2, -0.15) is 11.8 Å². The molecular formula is C12H17NO6S.